The van der Waals surface area contributed by atoms with E-state index in [-0.39, 0.29) is 6.61 Å². The summed E-state index contributed by atoms with van der Waals surface area (Å²) in [6.45, 7) is 3.61. The molecule has 0 radical (unpaired) electrons. The molecule has 4 heteroatoms. The fourth-order valence-corrected chi connectivity index (χ4v) is 0.980. The second kappa shape index (κ2) is 3.81. The molecule has 0 fully saturated rings. The van der Waals surface area contributed by atoms with Crippen LogP contribution in [0, 0.1) is 6.92 Å². The van der Waals surface area contributed by atoms with Gasteiger partial charge in [0.2, 0.25) is 0 Å². The van der Waals surface area contributed by atoms with Gasteiger partial charge in [0, 0.05) is 24.4 Å². The summed E-state index contributed by atoms with van der Waals surface area (Å²) < 4.78 is 0. The lowest BCUT2D eigenvalue weighted by molar-refractivity contribution is 0.207. The molecule has 0 spiro atoms. The first kappa shape index (κ1) is 10.1. The molecule has 3 N–H and O–H groups in total. The quantitative estimate of drug-likeness (QED) is 0.690. The number of aromatic nitrogens is 2. The first-order chi connectivity index (χ1) is 6.03. The molecule has 0 saturated carbocycles. The summed E-state index contributed by atoms with van der Waals surface area (Å²) in [6, 6.07) is 0. The van der Waals surface area contributed by atoms with E-state index in [9.17, 15) is 0 Å². The minimum absolute atomic E-state index is 0.0530. The molecule has 1 unspecified atom stereocenters. The Balaban J connectivity index is 2.69. The van der Waals surface area contributed by atoms with E-state index < -0.39 is 5.54 Å². The second-order valence-corrected chi connectivity index (χ2v) is 3.64. The second-order valence-electron chi connectivity index (χ2n) is 3.64. The van der Waals surface area contributed by atoms with Gasteiger partial charge < -0.3 is 10.8 Å². The maximum absolute atomic E-state index is 8.94. The Morgan fingerprint density at radius 2 is 2.15 bits per heavy atom. The molecule has 0 aliphatic heterocycles. The van der Waals surface area contributed by atoms with E-state index in [0.29, 0.717) is 6.42 Å². The van der Waals surface area contributed by atoms with E-state index in [4.69, 9.17) is 10.8 Å². The van der Waals surface area contributed by atoms with Gasteiger partial charge in [0.15, 0.2) is 0 Å². The van der Waals surface area contributed by atoms with E-state index >= 15 is 0 Å². The third-order valence-corrected chi connectivity index (χ3v) is 1.78. The van der Waals surface area contributed by atoms with E-state index in [1.54, 1.807) is 19.3 Å². The van der Waals surface area contributed by atoms with E-state index in [0.717, 1.165) is 11.4 Å². The molecular formula is C9H15N3O. The van der Waals surface area contributed by atoms with Crippen molar-refractivity contribution in [1.29, 1.82) is 0 Å². The minimum Gasteiger partial charge on any atom is -0.394 e. The number of nitrogens with two attached hydrogens (primary N) is 1. The summed E-state index contributed by atoms with van der Waals surface area (Å²) in [5.74, 6) is 0. The zero-order valence-electron chi connectivity index (χ0n) is 7.99. The zero-order chi connectivity index (χ0) is 9.90. The maximum Gasteiger partial charge on any atom is 0.0612 e. The smallest absolute Gasteiger partial charge is 0.0612 e. The Kier molecular flexibility index (Phi) is 2.95. The first-order valence-corrected chi connectivity index (χ1v) is 4.21. The lowest BCUT2D eigenvalue weighted by atomic mass is 9.99. The predicted molar refractivity (Wildman–Crippen MR) is 50.2 cm³/mol. The van der Waals surface area contributed by atoms with Crippen LogP contribution in [0.4, 0.5) is 0 Å². The van der Waals surface area contributed by atoms with E-state index in [1.165, 1.54) is 0 Å². The molecular weight excluding hydrogens is 166 g/mol. The van der Waals surface area contributed by atoms with E-state index in [2.05, 4.69) is 9.97 Å². The highest BCUT2D eigenvalue weighted by Crippen LogP contribution is 2.06. The molecule has 1 aromatic heterocycles. The van der Waals surface area contributed by atoms with Crippen molar-refractivity contribution in [1.82, 2.24) is 9.97 Å². The van der Waals surface area contributed by atoms with Crippen molar-refractivity contribution in [3.05, 3.63) is 23.8 Å². The Morgan fingerprint density at radius 1 is 1.46 bits per heavy atom. The van der Waals surface area contributed by atoms with Gasteiger partial charge in [0.05, 0.1) is 18.0 Å². The molecule has 0 aliphatic rings. The van der Waals surface area contributed by atoms with Crippen LogP contribution >= 0.6 is 0 Å². The molecule has 1 atom stereocenters. The lowest BCUT2D eigenvalue weighted by Gasteiger charge is -2.20. The summed E-state index contributed by atoms with van der Waals surface area (Å²) in [7, 11) is 0. The summed E-state index contributed by atoms with van der Waals surface area (Å²) in [5.41, 5.74) is 6.85. The van der Waals surface area contributed by atoms with Gasteiger partial charge in [-0.25, -0.2) is 0 Å². The molecule has 0 aromatic carbocycles. The van der Waals surface area contributed by atoms with Crippen molar-refractivity contribution in [2.24, 2.45) is 5.73 Å². The van der Waals surface area contributed by atoms with Crippen LogP contribution in [0.2, 0.25) is 0 Å². The average molecular weight is 181 g/mol. The van der Waals surface area contributed by atoms with Crippen molar-refractivity contribution < 1.29 is 5.11 Å². The van der Waals surface area contributed by atoms with Crippen LogP contribution in [0.25, 0.3) is 0 Å². The molecule has 72 valence electrons. The number of aliphatic hydroxyl groups is 1. The average Bonchev–Trinajstić information content (AvgIpc) is 2.09. The number of aryl methyl sites for hydroxylation is 1. The maximum atomic E-state index is 8.94. The highest BCUT2D eigenvalue weighted by molar-refractivity contribution is 5.04. The Morgan fingerprint density at radius 3 is 2.62 bits per heavy atom. The highest BCUT2D eigenvalue weighted by atomic mass is 16.3. The Hall–Kier alpha value is -1.00. The molecule has 0 bridgehead atoms. The van der Waals surface area contributed by atoms with Crippen molar-refractivity contribution >= 4 is 0 Å². The SMILES string of the molecule is Cc1cnc(CC(C)(N)CO)cn1. The lowest BCUT2D eigenvalue weighted by Crippen LogP contribution is -2.42. The molecule has 0 amide bonds. The van der Waals surface area contributed by atoms with Crippen LogP contribution in [0.15, 0.2) is 12.4 Å². The van der Waals surface area contributed by atoms with Gasteiger partial charge in [-0.3, -0.25) is 9.97 Å². The van der Waals surface area contributed by atoms with Gasteiger partial charge in [0.1, 0.15) is 0 Å². The van der Waals surface area contributed by atoms with Gasteiger partial charge in [-0.05, 0) is 13.8 Å². The normalized spacial score (nSPS) is 15.4. The standard InChI is InChI=1S/C9H15N3O/c1-7-4-12-8(5-11-7)3-9(2,10)6-13/h4-5,13H,3,6,10H2,1-2H3. The third-order valence-electron chi connectivity index (χ3n) is 1.78. The number of hydrogen-bond acceptors (Lipinski definition) is 4. The van der Waals surface area contributed by atoms with Gasteiger partial charge in [-0.1, -0.05) is 0 Å². The molecule has 0 saturated heterocycles. The Bertz CT molecular complexity index is 269. The monoisotopic (exact) mass is 181 g/mol. The number of rotatable bonds is 3. The summed E-state index contributed by atoms with van der Waals surface area (Å²) in [4.78, 5) is 8.26. The number of hydrogen-bond donors (Lipinski definition) is 2. The van der Waals surface area contributed by atoms with Crippen molar-refractivity contribution in [2.75, 3.05) is 6.61 Å². The third kappa shape index (κ3) is 3.08. The van der Waals surface area contributed by atoms with Gasteiger partial charge in [0.25, 0.3) is 0 Å². The topological polar surface area (TPSA) is 72.0 Å². The van der Waals surface area contributed by atoms with E-state index in [1.807, 2.05) is 6.92 Å². The summed E-state index contributed by atoms with van der Waals surface area (Å²) in [6.07, 6.45) is 3.93. The first-order valence-electron chi connectivity index (χ1n) is 4.21. The van der Waals surface area contributed by atoms with Gasteiger partial charge in [-0.2, -0.15) is 0 Å². The number of aliphatic hydroxyl groups excluding tert-OH is 1. The van der Waals surface area contributed by atoms with Crippen molar-refractivity contribution in [2.45, 2.75) is 25.8 Å². The molecule has 13 heavy (non-hydrogen) atoms. The van der Waals surface area contributed by atoms with Crippen LogP contribution in [0.5, 0.6) is 0 Å². The van der Waals surface area contributed by atoms with Crippen LogP contribution in [-0.2, 0) is 6.42 Å². The molecule has 1 heterocycles. The largest absolute Gasteiger partial charge is 0.394 e. The molecule has 0 aliphatic carbocycles. The summed E-state index contributed by atoms with van der Waals surface area (Å²) >= 11 is 0. The van der Waals surface area contributed by atoms with Crippen molar-refractivity contribution in [3.63, 3.8) is 0 Å². The predicted octanol–water partition coefficient (Wildman–Crippen LogP) is 0.0372. The van der Waals surface area contributed by atoms with Crippen LogP contribution in [0.3, 0.4) is 0 Å². The highest BCUT2D eigenvalue weighted by Gasteiger charge is 2.18. The summed E-state index contributed by atoms with van der Waals surface area (Å²) in [5, 5.41) is 8.94. The van der Waals surface area contributed by atoms with Crippen LogP contribution in [0.1, 0.15) is 18.3 Å². The van der Waals surface area contributed by atoms with Gasteiger partial charge in [-0.15, -0.1) is 0 Å². The molecule has 1 aromatic rings. The number of nitrogens with zero attached hydrogens (tertiary/aromatic N) is 2. The Labute approximate surface area is 77.8 Å². The molecule has 1 rings (SSSR count). The van der Waals surface area contributed by atoms with Crippen molar-refractivity contribution in [3.8, 4) is 0 Å². The zero-order valence-corrected chi connectivity index (χ0v) is 7.99. The van der Waals surface area contributed by atoms with Crippen LogP contribution in [-0.4, -0.2) is 27.2 Å². The minimum atomic E-state index is -0.607. The fraction of sp³-hybridized carbons (Fsp3) is 0.556. The fourth-order valence-electron chi connectivity index (χ4n) is 0.980. The van der Waals surface area contributed by atoms with Crippen LogP contribution < -0.4 is 5.73 Å². The molecule has 4 nitrogen and oxygen atoms in total. The van der Waals surface area contributed by atoms with Gasteiger partial charge >= 0.3 is 0 Å².